The third kappa shape index (κ3) is 5.02. The van der Waals surface area contributed by atoms with Crippen LogP contribution in [0.4, 0.5) is 5.69 Å². The average molecular weight is 364 g/mol. The molecule has 0 aliphatic heterocycles. The van der Waals surface area contributed by atoms with Crippen molar-refractivity contribution in [2.75, 3.05) is 6.61 Å². The van der Waals surface area contributed by atoms with Gasteiger partial charge in [-0.25, -0.2) is 4.79 Å². The first-order valence-electron chi connectivity index (χ1n) is 7.24. The molecule has 0 saturated carbocycles. The monoisotopic (exact) mass is 363 g/mol. The van der Waals surface area contributed by atoms with Gasteiger partial charge in [0.2, 0.25) is 5.78 Å². The highest BCUT2D eigenvalue weighted by atomic mass is 35.5. The van der Waals surface area contributed by atoms with Gasteiger partial charge in [0, 0.05) is 16.7 Å². The number of nitro groups is 1. The summed E-state index contributed by atoms with van der Waals surface area (Å²) in [6.45, 7) is 0.878. The van der Waals surface area contributed by atoms with Crippen LogP contribution in [0.25, 0.3) is 0 Å². The summed E-state index contributed by atoms with van der Waals surface area (Å²) in [5, 5.41) is 11.4. The standard InChI is InChI=1S/C17H14ClNO6/c1-11(17(21)12-6-8-13(18)9-7-12)25-16(20)10-24-15-5-3-2-4-14(15)19(22)23/h2-9,11H,10H2,1H3/t11-/m1/s1. The van der Waals surface area contributed by atoms with Crippen molar-refractivity contribution in [1.82, 2.24) is 0 Å². The van der Waals surface area contributed by atoms with E-state index >= 15 is 0 Å². The normalized spacial score (nSPS) is 11.4. The maximum atomic E-state index is 12.2. The van der Waals surface area contributed by atoms with Gasteiger partial charge in [-0.3, -0.25) is 14.9 Å². The minimum Gasteiger partial charge on any atom is -0.475 e. The molecule has 0 spiro atoms. The van der Waals surface area contributed by atoms with Crippen molar-refractivity contribution in [1.29, 1.82) is 0 Å². The third-order valence-electron chi connectivity index (χ3n) is 3.21. The molecule has 2 rings (SSSR count). The molecule has 2 aromatic carbocycles. The van der Waals surface area contributed by atoms with E-state index in [0.717, 1.165) is 0 Å². The number of carbonyl (C=O) groups is 2. The number of ketones is 1. The van der Waals surface area contributed by atoms with E-state index in [2.05, 4.69) is 0 Å². The molecule has 0 aromatic heterocycles. The summed E-state index contributed by atoms with van der Waals surface area (Å²) < 4.78 is 10.1. The van der Waals surface area contributed by atoms with Crippen LogP contribution in [0.15, 0.2) is 48.5 Å². The molecule has 8 heteroatoms. The Balaban J connectivity index is 1.93. The maximum absolute atomic E-state index is 12.2. The Morgan fingerprint density at radius 1 is 1.16 bits per heavy atom. The number of rotatable bonds is 7. The molecular formula is C17H14ClNO6. The predicted octanol–water partition coefficient (Wildman–Crippen LogP) is 3.44. The van der Waals surface area contributed by atoms with Crippen LogP contribution in [0.3, 0.4) is 0 Å². The molecule has 0 fully saturated rings. The minimum atomic E-state index is -1.02. The van der Waals surface area contributed by atoms with Crippen molar-refractivity contribution in [2.24, 2.45) is 0 Å². The van der Waals surface area contributed by atoms with E-state index < -0.39 is 29.4 Å². The molecule has 0 amide bonds. The van der Waals surface area contributed by atoms with Gasteiger partial charge in [-0.05, 0) is 37.3 Å². The lowest BCUT2D eigenvalue weighted by molar-refractivity contribution is -0.385. The lowest BCUT2D eigenvalue weighted by atomic mass is 10.1. The van der Waals surface area contributed by atoms with E-state index in [1.807, 2.05) is 0 Å². The number of nitro benzene ring substituents is 1. The quantitative estimate of drug-likeness (QED) is 0.323. The van der Waals surface area contributed by atoms with Crippen molar-refractivity contribution in [2.45, 2.75) is 13.0 Å². The van der Waals surface area contributed by atoms with E-state index in [0.29, 0.717) is 10.6 Å². The number of carbonyl (C=O) groups excluding carboxylic acids is 2. The number of Topliss-reactive ketones (excluding diaryl/α,β-unsaturated/α-hetero) is 1. The van der Waals surface area contributed by atoms with Crippen molar-refractivity contribution in [3.63, 3.8) is 0 Å². The van der Waals surface area contributed by atoms with E-state index in [4.69, 9.17) is 21.1 Å². The van der Waals surface area contributed by atoms with E-state index in [9.17, 15) is 19.7 Å². The van der Waals surface area contributed by atoms with Crippen molar-refractivity contribution < 1.29 is 24.0 Å². The lowest BCUT2D eigenvalue weighted by Gasteiger charge is -2.13. The van der Waals surface area contributed by atoms with Crippen molar-refractivity contribution >= 4 is 29.0 Å². The number of benzene rings is 2. The first kappa shape index (κ1) is 18.4. The molecule has 0 radical (unpaired) electrons. The third-order valence-corrected chi connectivity index (χ3v) is 3.47. The van der Waals surface area contributed by atoms with Gasteiger partial charge in [-0.1, -0.05) is 23.7 Å². The average Bonchev–Trinajstić information content (AvgIpc) is 2.60. The summed E-state index contributed by atoms with van der Waals surface area (Å²) in [6.07, 6.45) is -1.02. The highest BCUT2D eigenvalue weighted by molar-refractivity contribution is 6.30. The molecule has 0 saturated heterocycles. The number of hydrogen-bond acceptors (Lipinski definition) is 6. The molecule has 0 heterocycles. The SMILES string of the molecule is C[C@@H](OC(=O)COc1ccccc1[N+](=O)[O-])C(=O)c1ccc(Cl)cc1. The van der Waals surface area contributed by atoms with Crippen LogP contribution in [0.2, 0.25) is 5.02 Å². The van der Waals surface area contributed by atoms with Gasteiger partial charge in [0.25, 0.3) is 0 Å². The van der Waals surface area contributed by atoms with Gasteiger partial charge in [0.15, 0.2) is 18.5 Å². The number of ether oxygens (including phenoxy) is 2. The second-order valence-corrected chi connectivity index (χ2v) is 5.45. The second kappa shape index (κ2) is 8.25. The molecule has 0 aliphatic carbocycles. The van der Waals surface area contributed by atoms with Crippen LogP contribution in [-0.4, -0.2) is 29.4 Å². The molecular weight excluding hydrogens is 350 g/mol. The van der Waals surface area contributed by atoms with Gasteiger partial charge in [-0.2, -0.15) is 0 Å². The Labute approximate surface area is 148 Å². The fourth-order valence-corrected chi connectivity index (χ4v) is 2.13. The summed E-state index contributed by atoms with van der Waals surface area (Å²) in [7, 11) is 0. The number of para-hydroxylation sites is 2. The zero-order chi connectivity index (χ0) is 18.4. The molecule has 1 atom stereocenters. The topological polar surface area (TPSA) is 95.7 Å². The molecule has 0 unspecified atom stereocenters. The highest BCUT2D eigenvalue weighted by Gasteiger charge is 2.21. The molecule has 130 valence electrons. The van der Waals surface area contributed by atoms with E-state index in [-0.39, 0.29) is 11.4 Å². The summed E-state index contributed by atoms with van der Waals surface area (Å²) in [6, 6.07) is 11.8. The Hall–Kier alpha value is -2.93. The van der Waals surface area contributed by atoms with Crippen LogP contribution in [-0.2, 0) is 9.53 Å². The fraction of sp³-hybridized carbons (Fsp3) is 0.176. The van der Waals surface area contributed by atoms with Gasteiger partial charge in [0.1, 0.15) is 0 Å². The zero-order valence-corrected chi connectivity index (χ0v) is 13.9. The number of halogens is 1. The predicted molar refractivity (Wildman–Crippen MR) is 89.9 cm³/mol. The van der Waals surface area contributed by atoms with Gasteiger partial charge >= 0.3 is 11.7 Å². The number of esters is 1. The molecule has 0 N–H and O–H groups in total. The Morgan fingerprint density at radius 2 is 1.80 bits per heavy atom. The van der Waals surface area contributed by atoms with Gasteiger partial charge < -0.3 is 9.47 Å². The van der Waals surface area contributed by atoms with Crippen LogP contribution in [0.1, 0.15) is 17.3 Å². The van der Waals surface area contributed by atoms with Crippen molar-refractivity contribution in [3.05, 3.63) is 69.2 Å². The zero-order valence-electron chi connectivity index (χ0n) is 13.2. The fourth-order valence-electron chi connectivity index (χ4n) is 2.00. The van der Waals surface area contributed by atoms with Gasteiger partial charge in [-0.15, -0.1) is 0 Å². The molecule has 0 aliphatic rings. The second-order valence-electron chi connectivity index (χ2n) is 5.02. The Morgan fingerprint density at radius 3 is 2.44 bits per heavy atom. The number of hydrogen-bond donors (Lipinski definition) is 0. The van der Waals surface area contributed by atoms with Crippen LogP contribution in [0.5, 0.6) is 5.75 Å². The molecule has 25 heavy (non-hydrogen) atoms. The first-order valence-corrected chi connectivity index (χ1v) is 7.61. The molecule has 0 bridgehead atoms. The summed E-state index contributed by atoms with van der Waals surface area (Å²) in [5.74, 6) is -1.26. The van der Waals surface area contributed by atoms with Gasteiger partial charge in [0.05, 0.1) is 4.92 Å². The highest BCUT2D eigenvalue weighted by Crippen LogP contribution is 2.25. The van der Waals surface area contributed by atoms with E-state index in [1.165, 1.54) is 37.3 Å². The summed E-state index contributed by atoms with van der Waals surface area (Å²) in [4.78, 5) is 34.2. The van der Waals surface area contributed by atoms with E-state index in [1.54, 1.807) is 18.2 Å². The summed E-state index contributed by atoms with van der Waals surface area (Å²) >= 11 is 5.75. The number of nitrogens with zero attached hydrogens (tertiary/aromatic N) is 1. The van der Waals surface area contributed by atoms with Crippen LogP contribution >= 0.6 is 11.6 Å². The summed E-state index contributed by atoms with van der Waals surface area (Å²) in [5.41, 5.74) is 0.0879. The molecule has 7 nitrogen and oxygen atoms in total. The first-order chi connectivity index (χ1) is 11.9. The van der Waals surface area contributed by atoms with Crippen molar-refractivity contribution in [3.8, 4) is 5.75 Å². The Bertz CT molecular complexity index is 790. The molecule has 2 aromatic rings. The Kier molecular flexibility index (Phi) is 6.08. The lowest BCUT2D eigenvalue weighted by Crippen LogP contribution is -2.27. The van der Waals surface area contributed by atoms with Crippen LogP contribution in [0, 0.1) is 10.1 Å². The largest absolute Gasteiger partial charge is 0.475 e. The smallest absolute Gasteiger partial charge is 0.344 e. The van der Waals surface area contributed by atoms with Crippen LogP contribution < -0.4 is 4.74 Å². The minimum absolute atomic E-state index is 0.0545. The maximum Gasteiger partial charge on any atom is 0.344 e.